The number of anilines is 1. The molecule has 1 aromatic carbocycles. The van der Waals surface area contributed by atoms with E-state index in [1.165, 1.54) is 11.3 Å². The SMILES string of the molecule is O=C(O)c1c(=O)c2cc(F)c(N3CC4CC=CC(O)C4C3)c3c2n2c(csc12)CO3. The average Bonchev–Trinajstić information content (AvgIpc) is 3.32. The molecule has 0 saturated carbocycles. The monoisotopic (exact) mass is 428 g/mol. The van der Waals surface area contributed by atoms with Gasteiger partial charge in [0.05, 0.1) is 17.2 Å². The zero-order valence-electron chi connectivity index (χ0n) is 15.7. The first-order valence-electron chi connectivity index (χ1n) is 9.72. The topological polar surface area (TPSA) is 91.5 Å². The maximum absolute atomic E-state index is 15.4. The number of ether oxygens (including phenoxy) is 1. The molecule has 1 aliphatic carbocycles. The summed E-state index contributed by atoms with van der Waals surface area (Å²) in [5.74, 6) is -1.46. The van der Waals surface area contributed by atoms with Crippen LogP contribution in [0.4, 0.5) is 10.1 Å². The van der Waals surface area contributed by atoms with Crippen molar-refractivity contribution in [2.45, 2.75) is 19.1 Å². The quantitative estimate of drug-likeness (QED) is 0.610. The number of aromatic carboxylic acids is 1. The molecule has 0 bridgehead atoms. The molecule has 154 valence electrons. The van der Waals surface area contributed by atoms with E-state index >= 15 is 4.39 Å². The number of halogens is 1. The Morgan fingerprint density at radius 2 is 2.17 bits per heavy atom. The van der Waals surface area contributed by atoms with Crippen molar-refractivity contribution in [3.8, 4) is 5.75 Å². The van der Waals surface area contributed by atoms with Gasteiger partial charge in [0.2, 0.25) is 5.43 Å². The van der Waals surface area contributed by atoms with E-state index in [2.05, 4.69) is 0 Å². The highest BCUT2D eigenvalue weighted by Gasteiger charge is 2.40. The second-order valence-electron chi connectivity index (χ2n) is 8.08. The number of pyridine rings is 1. The number of benzene rings is 1. The molecule has 0 radical (unpaired) electrons. The van der Waals surface area contributed by atoms with Crippen molar-refractivity contribution in [1.82, 2.24) is 4.40 Å². The van der Waals surface area contributed by atoms with Crippen LogP contribution in [0.15, 0.2) is 28.4 Å². The number of carbonyl (C=O) groups is 1. The van der Waals surface area contributed by atoms with Gasteiger partial charge in [-0.15, -0.1) is 11.3 Å². The lowest BCUT2D eigenvalue weighted by Crippen LogP contribution is -2.29. The fourth-order valence-electron chi connectivity index (χ4n) is 5.12. The van der Waals surface area contributed by atoms with Crippen LogP contribution in [0.2, 0.25) is 0 Å². The Morgan fingerprint density at radius 3 is 2.93 bits per heavy atom. The van der Waals surface area contributed by atoms with Crippen LogP contribution in [0.3, 0.4) is 0 Å². The van der Waals surface area contributed by atoms with Gasteiger partial charge in [-0.25, -0.2) is 9.18 Å². The highest BCUT2D eigenvalue weighted by atomic mass is 32.1. The number of thiazole rings is 1. The first-order valence-corrected chi connectivity index (χ1v) is 10.6. The molecule has 6 rings (SSSR count). The Labute approximate surface area is 173 Å². The van der Waals surface area contributed by atoms with Gasteiger partial charge in [-0.2, -0.15) is 0 Å². The summed E-state index contributed by atoms with van der Waals surface area (Å²) in [6.07, 6.45) is 4.01. The first kappa shape index (κ1) is 17.9. The van der Waals surface area contributed by atoms with Gasteiger partial charge in [0.1, 0.15) is 28.2 Å². The van der Waals surface area contributed by atoms with Crippen LogP contribution in [0.5, 0.6) is 5.75 Å². The van der Waals surface area contributed by atoms with Gasteiger partial charge in [-0.1, -0.05) is 12.2 Å². The highest BCUT2D eigenvalue weighted by Crippen LogP contribution is 2.46. The lowest BCUT2D eigenvalue weighted by atomic mass is 9.84. The number of aliphatic hydroxyl groups is 1. The van der Waals surface area contributed by atoms with Crippen LogP contribution < -0.4 is 15.1 Å². The zero-order valence-corrected chi connectivity index (χ0v) is 16.5. The molecule has 3 atom stereocenters. The summed E-state index contributed by atoms with van der Waals surface area (Å²) in [4.78, 5) is 26.9. The fraction of sp³-hybridized carbons (Fsp3) is 0.333. The summed E-state index contributed by atoms with van der Waals surface area (Å²) in [7, 11) is 0. The molecule has 4 heterocycles. The summed E-state index contributed by atoms with van der Waals surface area (Å²) in [5, 5.41) is 21.7. The standard InChI is InChI=1S/C21H17FN2O5S/c22-13-4-11-16-19(17(13)23-5-9-2-1-3-14(25)12(9)6-23)29-7-10-8-30-20(24(10)16)15(18(11)26)21(27)28/h1,3-4,8-9,12,14,25H,2,5-7H2,(H,27,28). The van der Waals surface area contributed by atoms with Gasteiger partial charge in [-0.05, 0) is 18.4 Å². The smallest absolute Gasteiger partial charge is 0.342 e. The molecule has 0 amide bonds. The van der Waals surface area contributed by atoms with Crippen molar-refractivity contribution in [2.75, 3.05) is 18.0 Å². The molecule has 3 aromatic rings. The summed E-state index contributed by atoms with van der Waals surface area (Å²) in [6.45, 7) is 1.22. The van der Waals surface area contributed by atoms with E-state index in [0.29, 0.717) is 23.4 Å². The van der Waals surface area contributed by atoms with Crippen molar-refractivity contribution in [3.63, 3.8) is 0 Å². The Hall–Kier alpha value is -2.91. The van der Waals surface area contributed by atoms with Gasteiger partial charge < -0.3 is 19.8 Å². The van der Waals surface area contributed by atoms with Gasteiger partial charge in [0.15, 0.2) is 11.6 Å². The summed E-state index contributed by atoms with van der Waals surface area (Å²) >= 11 is 1.17. The number of hydrogen-bond donors (Lipinski definition) is 2. The number of aromatic nitrogens is 1. The van der Waals surface area contributed by atoms with Gasteiger partial charge in [0, 0.05) is 24.4 Å². The molecule has 9 heteroatoms. The molecule has 7 nitrogen and oxygen atoms in total. The lowest BCUT2D eigenvalue weighted by Gasteiger charge is -2.27. The minimum atomic E-state index is -1.33. The van der Waals surface area contributed by atoms with E-state index in [4.69, 9.17) is 4.74 Å². The number of carboxylic acids is 1. The second kappa shape index (κ2) is 6.05. The van der Waals surface area contributed by atoms with Gasteiger partial charge >= 0.3 is 5.97 Å². The number of carboxylic acid groups (broad SMARTS) is 1. The number of aliphatic hydroxyl groups excluding tert-OH is 1. The van der Waals surface area contributed by atoms with Crippen molar-refractivity contribution in [1.29, 1.82) is 0 Å². The summed E-state index contributed by atoms with van der Waals surface area (Å²) in [6, 6.07) is 1.13. The van der Waals surface area contributed by atoms with Crippen molar-refractivity contribution in [3.05, 3.63) is 50.9 Å². The summed E-state index contributed by atoms with van der Waals surface area (Å²) in [5.41, 5.74) is 0.352. The molecule has 2 N–H and O–H groups in total. The summed E-state index contributed by atoms with van der Waals surface area (Å²) < 4.78 is 23.0. The molecular weight excluding hydrogens is 411 g/mol. The number of nitrogens with zero attached hydrogens (tertiary/aromatic N) is 2. The van der Waals surface area contributed by atoms with Crippen LogP contribution in [0.1, 0.15) is 22.5 Å². The first-order chi connectivity index (χ1) is 14.5. The molecule has 0 spiro atoms. The van der Waals surface area contributed by atoms with Crippen molar-refractivity contribution >= 4 is 38.7 Å². The maximum Gasteiger partial charge on any atom is 0.342 e. The van der Waals surface area contributed by atoms with E-state index in [9.17, 15) is 19.8 Å². The predicted molar refractivity (Wildman–Crippen MR) is 109 cm³/mol. The Balaban J connectivity index is 1.63. The molecule has 30 heavy (non-hydrogen) atoms. The molecule has 3 aliphatic rings. The molecule has 3 unspecified atom stereocenters. The van der Waals surface area contributed by atoms with E-state index in [1.54, 1.807) is 15.9 Å². The third-order valence-corrected chi connectivity index (χ3v) is 7.49. The van der Waals surface area contributed by atoms with Crippen LogP contribution >= 0.6 is 11.3 Å². The van der Waals surface area contributed by atoms with Crippen LogP contribution in [0.25, 0.3) is 15.7 Å². The Morgan fingerprint density at radius 1 is 1.33 bits per heavy atom. The largest absolute Gasteiger partial charge is 0.483 e. The van der Waals surface area contributed by atoms with E-state index in [0.717, 1.165) is 18.2 Å². The third kappa shape index (κ3) is 2.21. The molecule has 1 saturated heterocycles. The normalized spacial score (nSPS) is 24.6. The number of rotatable bonds is 2. The van der Waals surface area contributed by atoms with Crippen LogP contribution in [0, 0.1) is 17.7 Å². The van der Waals surface area contributed by atoms with Gasteiger partial charge in [0.25, 0.3) is 0 Å². The number of fused-ring (bicyclic) bond motifs is 1. The third-order valence-electron chi connectivity index (χ3n) is 6.49. The van der Waals surface area contributed by atoms with Crippen molar-refractivity contribution in [2.24, 2.45) is 11.8 Å². The highest BCUT2D eigenvalue weighted by molar-refractivity contribution is 7.16. The maximum atomic E-state index is 15.4. The number of hydrogen-bond acceptors (Lipinski definition) is 6. The van der Waals surface area contributed by atoms with E-state index in [1.807, 2.05) is 11.0 Å². The zero-order chi connectivity index (χ0) is 20.7. The molecule has 2 aromatic heterocycles. The average molecular weight is 428 g/mol. The minimum absolute atomic E-state index is 0.00110. The van der Waals surface area contributed by atoms with E-state index in [-0.39, 0.29) is 40.8 Å². The second-order valence-corrected chi connectivity index (χ2v) is 8.94. The molecule has 2 aliphatic heterocycles. The van der Waals surface area contributed by atoms with Crippen LogP contribution in [-0.2, 0) is 6.61 Å². The number of allylic oxidation sites excluding steroid dienone is 1. The molecular formula is C21H17FN2O5S. The van der Waals surface area contributed by atoms with E-state index < -0.39 is 23.3 Å². The lowest BCUT2D eigenvalue weighted by molar-refractivity contribution is 0.0697. The van der Waals surface area contributed by atoms with Crippen LogP contribution in [-0.4, -0.2) is 39.8 Å². The van der Waals surface area contributed by atoms with Crippen molar-refractivity contribution < 1.29 is 24.1 Å². The predicted octanol–water partition coefficient (Wildman–Crippen LogP) is 2.62. The van der Waals surface area contributed by atoms with Gasteiger partial charge in [-0.3, -0.25) is 9.20 Å². The fourth-order valence-corrected chi connectivity index (χ4v) is 6.16. The minimum Gasteiger partial charge on any atom is -0.483 e. The molecule has 1 fully saturated rings. The Kier molecular flexibility index (Phi) is 3.61. The Bertz CT molecular complexity index is 1340.